The summed E-state index contributed by atoms with van der Waals surface area (Å²) in [6.07, 6.45) is 0. The lowest BCUT2D eigenvalue weighted by atomic mass is 10.2. The maximum atomic E-state index is 5.90. The highest BCUT2D eigenvalue weighted by atomic mass is 35.5. The van der Waals surface area contributed by atoms with Crippen molar-refractivity contribution in [2.45, 2.75) is 13.5 Å². The Morgan fingerprint density at radius 3 is 2.18 bits per heavy atom. The molecular formula is C15H16ClN. The van der Waals surface area contributed by atoms with E-state index in [1.54, 1.807) is 0 Å². The summed E-state index contributed by atoms with van der Waals surface area (Å²) in [5.74, 6) is 0. The van der Waals surface area contributed by atoms with Gasteiger partial charge in [0.05, 0.1) is 0 Å². The number of halogens is 1. The molecule has 2 aromatic carbocycles. The Labute approximate surface area is 108 Å². The summed E-state index contributed by atoms with van der Waals surface area (Å²) in [6.45, 7) is 4.08. The molecule has 0 aliphatic carbocycles. The van der Waals surface area contributed by atoms with E-state index in [1.807, 2.05) is 18.2 Å². The third-order valence-electron chi connectivity index (χ3n) is 2.79. The van der Waals surface area contributed by atoms with E-state index in [-0.39, 0.29) is 0 Å². The van der Waals surface area contributed by atoms with Gasteiger partial charge in [0.2, 0.25) is 0 Å². The molecule has 0 saturated carbocycles. The zero-order chi connectivity index (χ0) is 12.1. The van der Waals surface area contributed by atoms with Gasteiger partial charge in [-0.05, 0) is 36.8 Å². The highest BCUT2D eigenvalue weighted by Gasteiger charge is 2.04. The molecule has 0 heterocycles. The van der Waals surface area contributed by atoms with Gasteiger partial charge < -0.3 is 4.90 Å². The van der Waals surface area contributed by atoms with Crippen molar-refractivity contribution in [3.63, 3.8) is 0 Å². The second kappa shape index (κ2) is 5.74. The molecule has 0 aromatic heterocycles. The molecule has 0 unspecified atom stereocenters. The first-order valence-electron chi connectivity index (χ1n) is 5.84. The molecule has 2 aromatic rings. The Bertz CT molecular complexity index is 450. The van der Waals surface area contributed by atoms with Crippen molar-refractivity contribution in [1.82, 2.24) is 0 Å². The van der Waals surface area contributed by atoms with Crippen molar-refractivity contribution >= 4 is 17.3 Å². The van der Waals surface area contributed by atoms with Crippen LogP contribution in [0.4, 0.5) is 5.69 Å². The molecule has 0 spiro atoms. The Balaban J connectivity index is 2.14. The van der Waals surface area contributed by atoms with Crippen molar-refractivity contribution in [2.75, 3.05) is 11.4 Å². The van der Waals surface area contributed by atoms with Crippen LogP contribution in [-0.2, 0) is 6.54 Å². The largest absolute Gasteiger partial charge is 0.367 e. The van der Waals surface area contributed by atoms with Crippen LogP contribution in [-0.4, -0.2) is 6.54 Å². The van der Waals surface area contributed by atoms with Gasteiger partial charge in [0, 0.05) is 23.8 Å². The number of rotatable bonds is 4. The van der Waals surface area contributed by atoms with Gasteiger partial charge in [-0.2, -0.15) is 0 Å². The zero-order valence-electron chi connectivity index (χ0n) is 9.94. The van der Waals surface area contributed by atoms with E-state index in [0.29, 0.717) is 0 Å². The molecule has 0 aliphatic rings. The van der Waals surface area contributed by atoms with E-state index in [9.17, 15) is 0 Å². The Morgan fingerprint density at radius 2 is 1.59 bits per heavy atom. The summed E-state index contributed by atoms with van der Waals surface area (Å²) < 4.78 is 0. The molecule has 88 valence electrons. The lowest BCUT2D eigenvalue weighted by molar-refractivity contribution is 0.832. The minimum atomic E-state index is 0.782. The summed E-state index contributed by atoms with van der Waals surface area (Å²) in [7, 11) is 0. The molecule has 0 radical (unpaired) electrons. The SMILES string of the molecule is CCN(Cc1ccccc1)c1ccc(Cl)cc1. The number of benzene rings is 2. The molecule has 0 aliphatic heterocycles. The van der Waals surface area contributed by atoms with Gasteiger partial charge >= 0.3 is 0 Å². The van der Waals surface area contributed by atoms with Crippen LogP contribution in [0, 0.1) is 0 Å². The molecule has 2 rings (SSSR count). The maximum Gasteiger partial charge on any atom is 0.0429 e. The molecular weight excluding hydrogens is 230 g/mol. The fourth-order valence-electron chi connectivity index (χ4n) is 1.84. The Kier molecular flexibility index (Phi) is 4.05. The van der Waals surface area contributed by atoms with E-state index in [4.69, 9.17) is 11.6 Å². The fraction of sp³-hybridized carbons (Fsp3) is 0.200. The maximum absolute atomic E-state index is 5.90. The van der Waals surface area contributed by atoms with Crippen LogP contribution < -0.4 is 4.90 Å². The van der Waals surface area contributed by atoms with E-state index >= 15 is 0 Å². The predicted molar refractivity (Wildman–Crippen MR) is 74.6 cm³/mol. The van der Waals surface area contributed by atoms with Gasteiger partial charge in [0.1, 0.15) is 0 Å². The monoisotopic (exact) mass is 245 g/mol. The highest BCUT2D eigenvalue weighted by Crippen LogP contribution is 2.19. The third-order valence-corrected chi connectivity index (χ3v) is 3.04. The lowest BCUT2D eigenvalue weighted by Crippen LogP contribution is -2.21. The first-order chi connectivity index (χ1) is 8.29. The van der Waals surface area contributed by atoms with Gasteiger partial charge in [-0.3, -0.25) is 0 Å². The van der Waals surface area contributed by atoms with E-state index < -0.39 is 0 Å². The first-order valence-corrected chi connectivity index (χ1v) is 6.22. The molecule has 0 bridgehead atoms. The van der Waals surface area contributed by atoms with Crippen molar-refractivity contribution in [3.8, 4) is 0 Å². The quantitative estimate of drug-likeness (QED) is 0.773. The average molecular weight is 246 g/mol. The predicted octanol–water partition coefficient (Wildman–Crippen LogP) is 4.37. The molecule has 0 atom stereocenters. The van der Waals surface area contributed by atoms with Crippen LogP contribution in [0.25, 0.3) is 0 Å². The van der Waals surface area contributed by atoms with Crippen LogP contribution in [0.1, 0.15) is 12.5 Å². The summed E-state index contributed by atoms with van der Waals surface area (Å²) in [5, 5.41) is 0.782. The summed E-state index contributed by atoms with van der Waals surface area (Å²) in [5.41, 5.74) is 2.53. The first kappa shape index (κ1) is 12.0. The second-order valence-electron chi connectivity index (χ2n) is 3.98. The Hall–Kier alpha value is -1.47. The van der Waals surface area contributed by atoms with E-state index in [1.165, 1.54) is 11.3 Å². The number of nitrogens with zero attached hydrogens (tertiary/aromatic N) is 1. The molecule has 0 fully saturated rings. The van der Waals surface area contributed by atoms with Crippen LogP contribution in [0.3, 0.4) is 0 Å². The topological polar surface area (TPSA) is 3.24 Å². The Morgan fingerprint density at radius 1 is 0.941 bits per heavy atom. The van der Waals surface area contributed by atoms with Crippen molar-refractivity contribution in [2.24, 2.45) is 0 Å². The van der Waals surface area contributed by atoms with Gasteiger partial charge in [0.25, 0.3) is 0 Å². The highest BCUT2D eigenvalue weighted by molar-refractivity contribution is 6.30. The normalized spacial score (nSPS) is 10.2. The van der Waals surface area contributed by atoms with Crippen molar-refractivity contribution in [1.29, 1.82) is 0 Å². The van der Waals surface area contributed by atoms with Crippen LogP contribution in [0.5, 0.6) is 0 Å². The summed E-state index contributed by atoms with van der Waals surface area (Å²) in [6, 6.07) is 18.5. The summed E-state index contributed by atoms with van der Waals surface area (Å²) in [4.78, 5) is 2.33. The minimum absolute atomic E-state index is 0.782. The molecule has 0 amide bonds. The number of hydrogen-bond acceptors (Lipinski definition) is 1. The van der Waals surface area contributed by atoms with Gasteiger partial charge in [0.15, 0.2) is 0 Å². The molecule has 17 heavy (non-hydrogen) atoms. The van der Waals surface area contributed by atoms with E-state index in [2.05, 4.69) is 48.2 Å². The molecule has 0 N–H and O–H groups in total. The summed E-state index contributed by atoms with van der Waals surface area (Å²) >= 11 is 5.90. The molecule has 0 saturated heterocycles. The number of anilines is 1. The van der Waals surface area contributed by atoms with Gasteiger partial charge in [-0.25, -0.2) is 0 Å². The minimum Gasteiger partial charge on any atom is -0.367 e. The molecule has 2 heteroatoms. The van der Waals surface area contributed by atoms with Crippen LogP contribution >= 0.6 is 11.6 Å². The smallest absolute Gasteiger partial charge is 0.0429 e. The van der Waals surface area contributed by atoms with Crippen LogP contribution in [0.15, 0.2) is 54.6 Å². The fourth-order valence-corrected chi connectivity index (χ4v) is 1.97. The second-order valence-corrected chi connectivity index (χ2v) is 4.41. The standard InChI is InChI=1S/C15H16ClN/c1-2-17(12-13-6-4-3-5-7-13)15-10-8-14(16)9-11-15/h3-11H,2,12H2,1H3. The van der Waals surface area contributed by atoms with Gasteiger partial charge in [-0.1, -0.05) is 41.9 Å². The van der Waals surface area contributed by atoms with E-state index in [0.717, 1.165) is 18.1 Å². The van der Waals surface area contributed by atoms with Crippen LogP contribution in [0.2, 0.25) is 5.02 Å². The average Bonchev–Trinajstić information content (AvgIpc) is 2.38. The van der Waals surface area contributed by atoms with Crippen molar-refractivity contribution < 1.29 is 0 Å². The number of hydrogen-bond donors (Lipinski definition) is 0. The lowest BCUT2D eigenvalue weighted by Gasteiger charge is -2.23. The zero-order valence-corrected chi connectivity index (χ0v) is 10.7. The molecule has 1 nitrogen and oxygen atoms in total. The van der Waals surface area contributed by atoms with Gasteiger partial charge in [-0.15, -0.1) is 0 Å². The third kappa shape index (κ3) is 3.24. The van der Waals surface area contributed by atoms with Crippen molar-refractivity contribution in [3.05, 3.63) is 65.2 Å².